The van der Waals surface area contributed by atoms with E-state index in [0.717, 1.165) is 0 Å². The molecular weight excluding hydrogens is 250 g/mol. The van der Waals surface area contributed by atoms with Crippen molar-refractivity contribution < 1.29 is 9.72 Å². The van der Waals surface area contributed by atoms with Gasteiger partial charge in [0.05, 0.1) is 10.5 Å². The van der Waals surface area contributed by atoms with E-state index < -0.39 is 10.8 Å². The second kappa shape index (κ2) is 5.08. The van der Waals surface area contributed by atoms with E-state index in [1.54, 1.807) is 6.07 Å². The molecule has 1 amide bonds. The Labute approximate surface area is 107 Å². The molecule has 0 bridgehead atoms. The van der Waals surface area contributed by atoms with Crippen molar-refractivity contribution in [3.05, 3.63) is 52.3 Å². The second-order valence-electron chi connectivity index (χ2n) is 3.52. The largest absolute Gasteiger partial charge is 0.393 e. The predicted molar refractivity (Wildman–Crippen MR) is 67.5 cm³/mol. The lowest BCUT2D eigenvalue weighted by atomic mass is 10.1. The van der Waals surface area contributed by atoms with Crippen molar-refractivity contribution in [1.82, 2.24) is 9.97 Å². The van der Waals surface area contributed by atoms with Gasteiger partial charge in [0.2, 0.25) is 5.95 Å². The number of para-hydroxylation sites is 1. The Hall–Kier alpha value is -3.03. The number of anilines is 2. The van der Waals surface area contributed by atoms with Gasteiger partial charge < -0.3 is 5.73 Å². The quantitative estimate of drug-likeness (QED) is 0.485. The van der Waals surface area contributed by atoms with Crippen molar-refractivity contribution in [3.63, 3.8) is 0 Å². The molecule has 0 unspecified atom stereocenters. The smallest absolute Gasteiger partial charge is 0.292 e. The Morgan fingerprint density at radius 3 is 2.58 bits per heavy atom. The van der Waals surface area contributed by atoms with E-state index >= 15 is 0 Å². The zero-order valence-corrected chi connectivity index (χ0v) is 9.61. The Morgan fingerprint density at radius 2 is 1.95 bits per heavy atom. The Kier molecular flexibility index (Phi) is 3.33. The minimum atomic E-state index is -0.648. The van der Waals surface area contributed by atoms with Gasteiger partial charge in [-0.1, -0.05) is 6.07 Å². The fraction of sp³-hybridized carbons (Fsp3) is 0. The van der Waals surface area contributed by atoms with Gasteiger partial charge in [-0.25, -0.2) is 9.97 Å². The maximum absolute atomic E-state index is 11.9. The van der Waals surface area contributed by atoms with E-state index in [2.05, 4.69) is 15.3 Å². The minimum absolute atomic E-state index is 0.00153. The van der Waals surface area contributed by atoms with Gasteiger partial charge in [-0.15, -0.1) is 0 Å². The van der Waals surface area contributed by atoms with Crippen molar-refractivity contribution in [2.45, 2.75) is 0 Å². The minimum Gasteiger partial charge on any atom is -0.393 e. The molecule has 8 nitrogen and oxygen atoms in total. The molecule has 0 spiro atoms. The first-order chi connectivity index (χ1) is 9.09. The molecule has 0 aliphatic rings. The number of carbonyl (C=O) groups is 1. The number of carbonyl (C=O) groups excluding carboxylic acids is 1. The van der Waals surface area contributed by atoms with Crippen molar-refractivity contribution in [2.24, 2.45) is 0 Å². The molecular formula is C11H9N5O3. The lowest BCUT2D eigenvalue weighted by Crippen LogP contribution is -2.16. The third kappa shape index (κ3) is 2.63. The maximum atomic E-state index is 11.9. The van der Waals surface area contributed by atoms with Crippen LogP contribution in [0.4, 0.5) is 17.3 Å². The van der Waals surface area contributed by atoms with Gasteiger partial charge in [0.25, 0.3) is 11.6 Å². The summed E-state index contributed by atoms with van der Waals surface area (Å²) in [6.07, 6.45) is 2.92. The number of benzene rings is 1. The first-order valence-corrected chi connectivity index (χ1v) is 5.21. The molecule has 1 aromatic heterocycles. The van der Waals surface area contributed by atoms with Crippen molar-refractivity contribution in [3.8, 4) is 0 Å². The van der Waals surface area contributed by atoms with Crippen molar-refractivity contribution >= 4 is 23.2 Å². The number of nitro groups is 1. The number of aromatic nitrogens is 2. The molecule has 2 rings (SSSR count). The summed E-state index contributed by atoms with van der Waals surface area (Å²) in [7, 11) is 0. The molecule has 0 aliphatic carbocycles. The molecule has 0 saturated carbocycles. The highest BCUT2D eigenvalue weighted by molar-refractivity contribution is 6.08. The zero-order valence-electron chi connectivity index (χ0n) is 9.61. The van der Waals surface area contributed by atoms with Crippen LogP contribution in [0.3, 0.4) is 0 Å². The van der Waals surface area contributed by atoms with E-state index in [0.29, 0.717) is 0 Å². The van der Waals surface area contributed by atoms with Crippen LogP contribution in [0.5, 0.6) is 0 Å². The third-order valence-corrected chi connectivity index (χ3v) is 2.32. The lowest BCUT2D eigenvalue weighted by Gasteiger charge is -2.06. The van der Waals surface area contributed by atoms with Crippen LogP contribution < -0.4 is 11.1 Å². The summed E-state index contributed by atoms with van der Waals surface area (Å²) in [5.41, 5.74) is 5.09. The van der Waals surface area contributed by atoms with Crippen molar-refractivity contribution in [1.29, 1.82) is 0 Å². The summed E-state index contributed by atoms with van der Waals surface area (Å²) in [5, 5.41) is 13.1. The van der Waals surface area contributed by atoms with E-state index in [-0.39, 0.29) is 22.9 Å². The summed E-state index contributed by atoms with van der Waals surface area (Å²) in [6.45, 7) is 0. The zero-order chi connectivity index (χ0) is 13.8. The Bertz CT molecular complexity index is 629. The molecule has 1 heterocycles. The maximum Gasteiger partial charge on any atom is 0.292 e. The first-order valence-electron chi connectivity index (χ1n) is 5.21. The van der Waals surface area contributed by atoms with Gasteiger partial charge in [-0.3, -0.25) is 20.2 Å². The van der Waals surface area contributed by atoms with E-state index in [1.165, 1.54) is 30.6 Å². The van der Waals surface area contributed by atoms with Crippen LogP contribution in [-0.4, -0.2) is 20.8 Å². The number of amides is 1. The molecule has 0 saturated heterocycles. The average Bonchev–Trinajstić information content (AvgIpc) is 2.39. The molecule has 19 heavy (non-hydrogen) atoms. The number of nitro benzene ring substituents is 1. The van der Waals surface area contributed by atoms with E-state index in [9.17, 15) is 14.9 Å². The molecule has 1 aromatic carbocycles. The highest BCUT2D eigenvalue weighted by Crippen LogP contribution is 2.25. The molecule has 8 heteroatoms. The molecule has 0 atom stereocenters. The van der Waals surface area contributed by atoms with Crippen LogP contribution >= 0.6 is 0 Å². The molecule has 2 aromatic rings. The third-order valence-electron chi connectivity index (χ3n) is 2.32. The van der Waals surface area contributed by atoms with Crippen molar-refractivity contribution in [2.75, 3.05) is 11.1 Å². The van der Waals surface area contributed by atoms with Crippen LogP contribution in [-0.2, 0) is 0 Å². The molecule has 0 fully saturated rings. The standard InChI is InChI=1S/C11H9N5O3/c12-9-7(3-1-4-8(9)16(18)19)10(17)15-11-13-5-2-6-14-11/h1-6H,12H2,(H,13,14,15,17). The summed E-state index contributed by atoms with van der Waals surface area (Å²) < 4.78 is 0. The SMILES string of the molecule is Nc1c(C(=O)Nc2ncccn2)cccc1[N+](=O)[O-]. The summed E-state index contributed by atoms with van der Waals surface area (Å²) in [5.74, 6) is -0.509. The fourth-order valence-electron chi connectivity index (χ4n) is 1.44. The Balaban J connectivity index is 2.30. The van der Waals surface area contributed by atoms with Gasteiger partial charge in [-0.05, 0) is 12.1 Å². The van der Waals surface area contributed by atoms with Crippen LogP contribution in [0.15, 0.2) is 36.7 Å². The number of hydrogen-bond donors (Lipinski definition) is 2. The van der Waals surface area contributed by atoms with Crippen LogP contribution in [0.2, 0.25) is 0 Å². The average molecular weight is 259 g/mol. The summed E-state index contributed by atoms with van der Waals surface area (Å²) in [4.78, 5) is 29.6. The van der Waals surface area contributed by atoms with Gasteiger partial charge in [0.1, 0.15) is 5.69 Å². The van der Waals surface area contributed by atoms with Gasteiger partial charge >= 0.3 is 0 Å². The highest BCUT2D eigenvalue weighted by Gasteiger charge is 2.19. The number of nitrogen functional groups attached to an aromatic ring is 1. The first kappa shape index (κ1) is 12.4. The lowest BCUT2D eigenvalue weighted by molar-refractivity contribution is -0.383. The summed E-state index contributed by atoms with van der Waals surface area (Å²) >= 11 is 0. The summed E-state index contributed by atoms with van der Waals surface area (Å²) in [6, 6.07) is 5.60. The number of hydrogen-bond acceptors (Lipinski definition) is 6. The van der Waals surface area contributed by atoms with Crippen LogP contribution in [0.1, 0.15) is 10.4 Å². The Morgan fingerprint density at radius 1 is 1.26 bits per heavy atom. The fourth-order valence-corrected chi connectivity index (χ4v) is 1.44. The molecule has 96 valence electrons. The predicted octanol–water partition coefficient (Wildman–Crippen LogP) is 1.22. The highest BCUT2D eigenvalue weighted by atomic mass is 16.6. The van der Waals surface area contributed by atoms with Gasteiger partial charge in [0.15, 0.2) is 0 Å². The van der Waals surface area contributed by atoms with Gasteiger partial charge in [0, 0.05) is 18.5 Å². The molecule has 3 N–H and O–H groups in total. The van der Waals surface area contributed by atoms with Gasteiger partial charge in [-0.2, -0.15) is 0 Å². The monoisotopic (exact) mass is 259 g/mol. The van der Waals surface area contributed by atoms with E-state index in [1.807, 2.05) is 0 Å². The number of rotatable bonds is 3. The topological polar surface area (TPSA) is 124 Å². The number of nitrogens with zero attached hydrogens (tertiary/aromatic N) is 3. The second-order valence-corrected chi connectivity index (χ2v) is 3.52. The van der Waals surface area contributed by atoms with Crippen LogP contribution in [0.25, 0.3) is 0 Å². The van der Waals surface area contributed by atoms with Crippen LogP contribution in [0, 0.1) is 10.1 Å². The normalized spacial score (nSPS) is 9.89. The van der Waals surface area contributed by atoms with E-state index in [4.69, 9.17) is 5.73 Å². The number of nitrogens with two attached hydrogens (primary N) is 1. The molecule has 0 radical (unpaired) electrons. The molecule has 0 aliphatic heterocycles. The number of nitrogens with one attached hydrogen (secondary N) is 1.